The van der Waals surface area contributed by atoms with Gasteiger partial charge in [0.2, 0.25) is 0 Å². The number of hydrogen-bond donors (Lipinski definition) is 2. The van der Waals surface area contributed by atoms with Crippen LogP contribution in [-0.4, -0.2) is 41.1 Å². The van der Waals surface area contributed by atoms with Crippen molar-refractivity contribution in [2.45, 2.75) is 26.2 Å². The first kappa shape index (κ1) is 15.7. The van der Waals surface area contributed by atoms with E-state index in [1.165, 1.54) is 11.3 Å². The largest absolute Gasteiger partial charge is 0.397 e. The molecule has 21 heavy (non-hydrogen) atoms. The predicted molar refractivity (Wildman–Crippen MR) is 86.7 cm³/mol. The lowest BCUT2D eigenvalue weighted by atomic mass is 10.1. The van der Waals surface area contributed by atoms with Gasteiger partial charge in [0.15, 0.2) is 0 Å². The zero-order chi connectivity index (χ0) is 15.4. The smallest absolute Gasteiger partial charge is 0.265 e. The third kappa shape index (κ3) is 3.33. The lowest BCUT2D eigenvalue weighted by molar-refractivity contribution is 0.0798. The second-order valence-electron chi connectivity index (χ2n) is 5.16. The number of anilines is 1. The van der Waals surface area contributed by atoms with E-state index in [4.69, 9.17) is 10.8 Å². The van der Waals surface area contributed by atoms with Crippen molar-refractivity contribution < 1.29 is 9.90 Å². The highest BCUT2D eigenvalue weighted by Crippen LogP contribution is 2.34. The van der Waals surface area contributed by atoms with Crippen molar-refractivity contribution in [3.8, 4) is 0 Å². The highest BCUT2D eigenvalue weighted by Gasteiger charge is 2.20. The van der Waals surface area contributed by atoms with E-state index in [9.17, 15) is 4.79 Å². The summed E-state index contributed by atoms with van der Waals surface area (Å²) in [6, 6.07) is 1.90. The summed E-state index contributed by atoms with van der Waals surface area (Å²) in [5.41, 5.74) is 7.72. The number of rotatable bonds is 6. The lowest BCUT2D eigenvalue weighted by Crippen LogP contribution is -2.27. The Balaban J connectivity index is 2.16. The second-order valence-corrected chi connectivity index (χ2v) is 6.16. The maximum absolute atomic E-state index is 12.5. The molecular weight excluding hydrogens is 286 g/mol. The van der Waals surface area contributed by atoms with Crippen LogP contribution in [0.4, 0.5) is 5.69 Å². The maximum atomic E-state index is 12.5. The van der Waals surface area contributed by atoms with Gasteiger partial charge in [-0.15, -0.1) is 11.3 Å². The van der Waals surface area contributed by atoms with Crippen LogP contribution in [0.2, 0.25) is 0 Å². The normalized spacial score (nSPS) is 11.0. The van der Waals surface area contributed by atoms with Crippen LogP contribution in [0.15, 0.2) is 12.3 Å². The van der Waals surface area contributed by atoms with Crippen LogP contribution >= 0.6 is 11.3 Å². The maximum Gasteiger partial charge on any atom is 0.265 e. The number of fused-ring (bicyclic) bond motifs is 1. The molecule has 0 saturated heterocycles. The molecular formula is C15H21N3O2S. The molecule has 2 aromatic rings. The minimum Gasteiger partial charge on any atom is -0.397 e. The molecule has 2 rings (SSSR count). The number of aliphatic hydroxyl groups excluding tert-OH is 1. The van der Waals surface area contributed by atoms with E-state index in [0.717, 1.165) is 35.0 Å². The van der Waals surface area contributed by atoms with Gasteiger partial charge in [0.25, 0.3) is 5.91 Å². The number of aliphatic hydroxyl groups is 1. The second kappa shape index (κ2) is 6.87. The fourth-order valence-corrected chi connectivity index (χ4v) is 3.41. The van der Waals surface area contributed by atoms with Crippen molar-refractivity contribution in [2.75, 3.05) is 25.9 Å². The Morgan fingerprint density at radius 3 is 2.86 bits per heavy atom. The molecule has 0 aliphatic carbocycles. The Bertz CT molecular complexity index is 639. The topological polar surface area (TPSA) is 79.5 Å². The molecule has 2 heterocycles. The van der Waals surface area contributed by atoms with E-state index in [0.29, 0.717) is 17.1 Å². The number of nitrogens with two attached hydrogens (primary N) is 1. The summed E-state index contributed by atoms with van der Waals surface area (Å²) in [4.78, 5) is 19.8. The number of amides is 1. The average Bonchev–Trinajstić information content (AvgIpc) is 2.81. The van der Waals surface area contributed by atoms with Gasteiger partial charge in [-0.1, -0.05) is 0 Å². The van der Waals surface area contributed by atoms with E-state index in [-0.39, 0.29) is 12.5 Å². The minimum atomic E-state index is -0.0566. The number of carbonyl (C=O) groups excluding carboxylic acids is 1. The molecule has 0 aliphatic rings. The summed E-state index contributed by atoms with van der Waals surface area (Å²) >= 11 is 1.35. The van der Waals surface area contributed by atoms with Crippen LogP contribution < -0.4 is 5.73 Å². The van der Waals surface area contributed by atoms with E-state index < -0.39 is 0 Å². The molecule has 5 nitrogen and oxygen atoms in total. The van der Waals surface area contributed by atoms with Crippen molar-refractivity contribution in [1.29, 1.82) is 0 Å². The molecule has 1 amide bonds. The number of unbranched alkanes of at least 4 members (excludes halogenated alkanes) is 2. The van der Waals surface area contributed by atoms with Gasteiger partial charge in [0, 0.05) is 31.8 Å². The lowest BCUT2D eigenvalue weighted by Gasteiger charge is -2.16. The average molecular weight is 307 g/mol. The molecule has 0 aromatic carbocycles. The van der Waals surface area contributed by atoms with Crippen LogP contribution in [-0.2, 0) is 0 Å². The fourth-order valence-electron chi connectivity index (χ4n) is 2.27. The number of nitrogens with zero attached hydrogens (tertiary/aromatic N) is 2. The summed E-state index contributed by atoms with van der Waals surface area (Å²) in [5.74, 6) is -0.0566. The molecule has 0 atom stereocenters. The van der Waals surface area contributed by atoms with Crippen LogP contribution in [0.5, 0.6) is 0 Å². The summed E-state index contributed by atoms with van der Waals surface area (Å²) in [6.45, 7) is 2.84. The monoisotopic (exact) mass is 307 g/mol. The van der Waals surface area contributed by atoms with Gasteiger partial charge in [-0.3, -0.25) is 4.79 Å². The van der Waals surface area contributed by atoms with Crippen molar-refractivity contribution in [3.05, 3.63) is 22.7 Å². The molecule has 0 aliphatic heterocycles. The molecule has 0 unspecified atom stereocenters. The molecule has 2 aromatic heterocycles. The zero-order valence-corrected chi connectivity index (χ0v) is 13.2. The van der Waals surface area contributed by atoms with Crippen molar-refractivity contribution in [1.82, 2.24) is 9.88 Å². The molecule has 3 N–H and O–H groups in total. The van der Waals surface area contributed by atoms with Crippen LogP contribution in [0.25, 0.3) is 10.2 Å². The highest BCUT2D eigenvalue weighted by atomic mass is 32.1. The molecule has 6 heteroatoms. The first-order valence-corrected chi connectivity index (χ1v) is 7.87. The quantitative estimate of drug-likeness (QED) is 0.803. The van der Waals surface area contributed by atoms with E-state index >= 15 is 0 Å². The predicted octanol–water partition coefficient (Wildman–Crippen LogP) is 2.42. The zero-order valence-electron chi connectivity index (χ0n) is 12.4. The Morgan fingerprint density at radius 2 is 2.19 bits per heavy atom. The van der Waals surface area contributed by atoms with Crippen molar-refractivity contribution in [2.24, 2.45) is 0 Å². The van der Waals surface area contributed by atoms with Gasteiger partial charge in [-0.05, 0) is 37.8 Å². The number of thiophene rings is 1. The minimum absolute atomic E-state index is 0.0566. The first-order chi connectivity index (χ1) is 10.1. The number of aromatic nitrogens is 1. The van der Waals surface area contributed by atoms with Gasteiger partial charge in [0.1, 0.15) is 9.71 Å². The Kier molecular flexibility index (Phi) is 5.14. The molecule has 0 fully saturated rings. The third-order valence-electron chi connectivity index (χ3n) is 3.53. The van der Waals surface area contributed by atoms with Crippen molar-refractivity contribution in [3.63, 3.8) is 0 Å². The van der Waals surface area contributed by atoms with E-state index in [2.05, 4.69) is 4.98 Å². The summed E-state index contributed by atoms with van der Waals surface area (Å²) in [5, 5.41) is 9.65. The van der Waals surface area contributed by atoms with Crippen LogP contribution in [0.1, 0.15) is 34.5 Å². The van der Waals surface area contributed by atoms with Gasteiger partial charge >= 0.3 is 0 Å². The summed E-state index contributed by atoms with van der Waals surface area (Å²) in [7, 11) is 1.78. The number of nitrogen functional groups attached to an aromatic ring is 1. The Hall–Kier alpha value is -1.66. The Labute approximate surface area is 128 Å². The van der Waals surface area contributed by atoms with E-state index in [1.54, 1.807) is 18.1 Å². The standard InChI is InChI=1S/C15H21N3O2S/c1-10-6-7-17-14-11(10)12(16)13(21-14)15(20)18(2)8-4-3-5-9-19/h6-7,19H,3-5,8-9,16H2,1-2H3. The first-order valence-electron chi connectivity index (χ1n) is 7.06. The Morgan fingerprint density at radius 1 is 1.43 bits per heavy atom. The van der Waals surface area contributed by atoms with Crippen LogP contribution in [0.3, 0.4) is 0 Å². The molecule has 0 radical (unpaired) electrons. The molecule has 0 spiro atoms. The molecule has 114 valence electrons. The molecule has 0 saturated carbocycles. The summed E-state index contributed by atoms with van der Waals surface area (Å²) < 4.78 is 0. The number of aryl methyl sites for hydroxylation is 1. The van der Waals surface area contributed by atoms with Gasteiger partial charge in [0.05, 0.1) is 5.69 Å². The van der Waals surface area contributed by atoms with Gasteiger partial charge < -0.3 is 15.7 Å². The van der Waals surface area contributed by atoms with Gasteiger partial charge in [-0.25, -0.2) is 4.98 Å². The summed E-state index contributed by atoms with van der Waals surface area (Å²) in [6.07, 6.45) is 4.30. The van der Waals surface area contributed by atoms with Crippen molar-refractivity contribution >= 4 is 33.1 Å². The third-order valence-corrected chi connectivity index (χ3v) is 4.63. The van der Waals surface area contributed by atoms with Gasteiger partial charge in [-0.2, -0.15) is 0 Å². The van der Waals surface area contributed by atoms with Crippen LogP contribution in [0, 0.1) is 6.92 Å². The number of carbonyl (C=O) groups is 1. The SMILES string of the molecule is Cc1ccnc2sc(C(=O)N(C)CCCCCO)c(N)c12. The fraction of sp³-hybridized carbons (Fsp3) is 0.467. The molecule has 0 bridgehead atoms. The highest BCUT2D eigenvalue weighted by molar-refractivity contribution is 7.21. The van der Waals surface area contributed by atoms with E-state index in [1.807, 2.05) is 13.0 Å². The number of pyridine rings is 1. The number of hydrogen-bond acceptors (Lipinski definition) is 5.